The summed E-state index contributed by atoms with van der Waals surface area (Å²) < 4.78 is 0. The highest BCUT2D eigenvalue weighted by Crippen LogP contribution is 2.19. The molecule has 0 aliphatic heterocycles. The molecule has 1 aromatic carbocycles. The van der Waals surface area contributed by atoms with Crippen molar-refractivity contribution in [2.24, 2.45) is 0 Å². The maximum atomic E-state index is 8.67. The van der Waals surface area contributed by atoms with Crippen molar-refractivity contribution < 1.29 is 5.11 Å². The molecule has 92 valence electrons. The average molecular weight is 258 g/mol. The molecule has 2 N–H and O–H groups in total. The number of hydrogen-bond donors (Lipinski definition) is 2. The van der Waals surface area contributed by atoms with Gasteiger partial charge in [-0.2, -0.15) is 0 Å². The van der Waals surface area contributed by atoms with Crippen LogP contribution in [0.1, 0.15) is 17.5 Å². The van der Waals surface area contributed by atoms with Crippen LogP contribution in [0.25, 0.3) is 0 Å². The molecule has 18 heavy (non-hydrogen) atoms. The Morgan fingerprint density at radius 3 is 3.11 bits per heavy atom. The number of aromatic nitrogens is 2. The number of hydrogen-bond acceptors (Lipinski definition) is 3. The molecule has 3 nitrogen and oxygen atoms in total. The lowest BCUT2D eigenvalue weighted by Gasteiger charge is -2.00. The van der Waals surface area contributed by atoms with E-state index in [0.717, 1.165) is 16.5 Å². The summed E-state index contributed by atoms with van der Waals surface area (Å²) in [7, 11) is 0. The number of benzene rings is 1. The first kappa shape index (κ1) is 12.7. The first-order chi connectivity index (χ1) is 8.88. The van der Waals surface area contributed by atoms with Crippen LogP contribution in [0.2, 0.25) is 0 Å². The molecule has 0 radical (unpaired) electrons. The van der Waals surface area contributed by atoms with E-state index >= 15 is 0 Å². The predicted molar refractivity (Wildman–Crippen MR) is 73.2 cm³/mol. The second kappa shape index (κ2) is 6.90. The van der Waals surface area contributed by atoms with E-state index in [1.54, 1.807) is 18.0 Å². The SMILES string of the molecule is OCCC#Cc1cccc(CSc2ncc[nH]2)c1. The van der Waals surface area contributed by atoms with Crippen molar-refractivity contribution in [1.82, 2.24) is 9.97 Å². The topological polar surface area (TPSA) is 48.9 Å². The standard InChI is InChI=1S/C14H14N2OS/c17-9-2-1-4-12-5-3-6-13(10-12)11-18-14-15-7-8-16-14/h3,5-8,10,17H,2,9,11H2,(H,15,16). The molecule has 0 saturated heterocycles. The Balaban J connectivity index is 1.97. The van der Waals surface area contributed by atoms with Crippen molar-refractivity contribution in [3.05, 3.63) is 47.8 Å². The Morgan fingerprint density at radius 1 is 1.39 bits per heavy atom. The molecule has 0 fully saturated rings. The van der Waals surface area contributed by atoms with Crippen LogP contribution in [0.15, 0.2) is 41.8 Å². The number of aliphatic hydroxyl groups excluding tert-OH is 1. The fourth-order valence-corrected chi connectivity index (χ4v) is 2.21. The van der Waals surface area contributed by atoms with Gasteiger partial charge in [0.05, 0.1) is 6.61 Å². The first-order valence-electron chi connectivity index (χ1n) is 5.69. The van der Waals surface area contributed by atoms with E-state index in [1.807, 2.05) is 18.3 Å². The maximum Gasteiger partial charge on any atom is 0.165 e. The molecule has 1 aromatic heterocycles. The molecule has 0 atom stereocenters. The number of thioether (sulfide) groups is 1. The molecule has 1 heterocycles. The van der Waals surface area contributed by atoms with Gasteiger partial charge in [-0.05, 0) is 17.7 Å². The zero-order valence-electron chi connectivity index (χ0n) is 9.89. The number of nitrogens with one attached hydrogen (secondary N) is 1. The van der Waals surface area contributed by atoms with Gasteiger partial charge in [-0.1, -0.05) is 35.7 Å². The summed E-state index contributed by atoms with van der Waals surface area (Å²) in [5.74, 6) is 6.82. The summed E-state index contributed by atoms with van der Waals surface area (Å²) in [5, 5.41) is 9.60. The van der Waals surface area contributed by atoms with Gasteiger partial charge in [-0.15, -0.1) is 0 Å². The minimum atomic E-state index is 0.112. The van der Waals surface area contributed by atoms with Crippen molar-refractivity contribution in [3.8, 4) is 11.8 Å². The summed E-state index contributed by atoms with van der Waals surface area (Å²) in [5.41, 5.74) is 2.20. The summed E-state index contributed by atoms with van der Waals surface area (Å²) in [6, 6.07) is 8.12. The number of aromatic amines is 1. The second-order valence-electron chi connectivity index (χ2n) is 3.66. The largest absolute Gasteiger partial charge is 0.395 e. The van der Waals surface area contributed by atoms with Crippen LogP contribution in [0, 0.1) is 11.8 Å². The smallest absolute Gasteiger partial charge is 0.165 e. The van der Waals surface area contributed by atoms with Crippen molar-refractivity contribution in [3.63, 3.8) is 0 Å². The lowest BCUT2D eigenvalue weighted by Crippen LogP contribution is -1.84. The van der Waals surface area contributed by atoms with Crippen LogP contribution in [0.5, 0.6) is 0 Å². The molecule has 0 bridgehead atoms. The summed E-state index contributed by atoms with van der Waals surface area (Å²) in [4.78, 5) is 7.23. The van der Waals surface area contributed by atoms with Gasteiger partial charge < -0.3 is 10.1 Å². The minimum Gasteiger partial charge on any atom is -0.395 e. The minimum absolute atomic E-state index is 0.112. The molecule has 2 aromatic rings. The Labute approximate surface area is 111 Å². The van der Waals surface area contributed by atoms with E-state index in [1.165, 1.54) is 5.56 Å². The van der Waals surface area contributed by atoms with E-state index in [2.05, 4.69) is 33.9 Å². The molecule has 4 heteroatoms. The van der Waals surface area contributed by atoms with Gasteiger partial charge in [0.15, 0.2) is 5.16 Å². The Morgan fingerprint density at radius 2 is 2.33 bits per heavy atom. The molecule has 0 spiro atoms. The van der Waals surface area contributed by atoms with E-state index in [4.69, 9.17) is 5.11 Å². The molecule has 0 aliphatic carbocycles. The molecule has 0 aliphatic rings. The van der Waals surface area contributed by atoms with Gasteiger partial charge in [0.2, 0.25) is 0 Å². The van der Waals surface area contributed by atoms with Crippen LogP contribution in [-0.2, 0) is 5.75 Å². The van der Waals surface area contributed by atoms with Crippen molar-refractivity contribution in [1.29, 1.82) is 0 Å². The Bertz CT molecular complexity index is 540. The number of aliphatic hydroxyl groups is 1. The zero-order chi connectivity index (χ0) is 12.6. The van der Waals surface area contributed by atoms with Gasteiger partial charge in [0, 0.05) is 30.1 Å². The number of imidazole rings is 1. The molecular weight excluding hydrogens is 244 g/mol. The van der Waals surface area contributed by atoms with E-state index < -0.39 is 0 Å². The number of nitrogens with zero attached hydrogens (tertiary/aromatic N) is 1. The van der Waals surface area contributed by atoms with Crippen LogP contribution < -0.4 is 0 Å². The van der Waals surface area contributed by atoms with Crippen LogP contribution in [0.4, 0.5) is 0 Å². The summed E-state index contributed by atoms with van der Waals surface area (Å²) in [6.45, 7) is 0.112. The molecule has 2 rings (SSSR count). The van der Waals surface area contributed by atoms with E-state index in [9.17, 15) is 0 Å². The van der Waals surface area contributed by atoms with Gasteiger partial charge in [0.1, 0.15) is 0 Å². The van der Waals surface area contributed by atoms with Crippen LogP contribution in [0.3, 0.4) is 0 Å². The summed E-state index contributed by atoms with van der Waals surface area (Å²) in [6.07, 6.45) is 4.09. The van der Waals surface area contributed by atoms with Crippen molar-refractivity contribution in [2.45, 2.75) is 17.3 Å². The van der Waals surface area contributed by atoms with E-state index in [-0.39, 0.29) is 6.61 Å². The highest BCUT2D eigenvalue weighted by Gasteiger charge is 1.98. The fraction of sp³-hybridized carbons (Fsp3) is 0.214. The molecular formula is C14H14N2OS. The number of H-pyrrole nitrogens is 1. The first-order valence-corrected chi connectivity index (χ1v) is 6.68. The summed E-state index contributed by atoms with van der Waals surface area (Å²) >= 11 is 1.66. The van der Waals surface area contributed by atoms with Crippen LogP contribution >= 0.6 is 11.8 Å². The average Bonchev–Trinajstić information content (AvgIpc) is 2.90. The zero-order valence-corrected chi connectivity index (χ0v) is 10.7. The Hall–Kier alpha value is -1.70. The predicted octanol–water partition coefficient (Wildman–Crippen LogP) is 2.44. The fourth-order valence-electron chi connectivity index (χ4n) is 1.44. The van der Waals surface area contributed by atoms with Crippen LogP contribution in [-0.4, -0.2) is 21.7 Å². The van der Waals surface area contributed by atoms with Gasteiger partial charge >= 0.3 is 0 Å². The van der Waals surface area contributed by atoms with Crippen molar-refractivity contribution >= 4 is 11.8 Å². The maximum absolute atomic E-state index is 8.67. The highest BCUT2D eigenvalue weighted by atomic mass is 32.2. The monoisotopic (exact) mass is 258 g/mol. The van der Waals surface area contributed by atoms with E-state index in [0.29, 0.717) is 6.42 Å². The van der Waals surface area contributed by atoms with Gasteiger partial charge in [-0.25, -0.2) is 4.98 Å². The molecule has 0 unspecified atom stereocenters. The third kappa shape index (κ3) is 3.95. The molecule has 0 saturated carbocycles. The second-order valence-corrected chi connectivity index (χ2v) is 4.62. The number of rotatable bonds is 4. The third-order valence-corrected chi connectivity index (χ3v) is 3.22. The highest BCUT2D eigenvalue weighted by molar-refractivity contribution is 7.98. The lowest BCUT2D eigenvalue weighted by atomic mass is 10.1. The quantitative estimate of drug-likeness (QED) is 0.654. The molecule has 0 amide bonds. The lowest BCUT2D eigenvalue weighted by molar-refractivity contribution is 0.305. The van der Waals surface area contributed by atoms with Gasteiger partial charge in [-0.3, -0.25) is 0 Å². The third-order valence-electron chi connectivity index (χ3n) is 2.25. The van der Waals surface area contributed by atoms with Crippen molar-refractivity contribution in [2.75, 3.05) is 6.61 Å². The Kier molecular flexibility index (Phi) is 4.88. The normalized spacial score (nSPS) is 9.83. The van der Waals surface area contributed by atoms with Gasteiger partial charge in [0.25, 0.3) is 0 Å².